The third-order valence-corrected chi connectivity index (χ3v) is 3.07. The number of carbonyl (C=O) groups excluding carboxylic acids is 1. The summed E-state index contributed by atoms with van der Waals surface area (Å²) in [5.74, 6) is -0.0791. The van der Waals surface area contributed by atoms with Crippen LogP contribution in [0.3, 0.4) is 0 Å². The second-order valence-corrected chi connectivity index (χ2v) is 4.87. The Morgan fingerprint density at radius 3 is 3.00 bits per heavy atom. The van der Waals surface area contributed by atoms with Crippen LogP contribution in [0.1, 0.15) is 32.4 Å². The summed E-state index contributed by atoms with van der Waals surface area (Å²) in [5.41, 5.74) is 7.96. The van der Waals surface area contributed by atoms with Crippen LogP contribution >= 0.6 is 11.3 Å². The summed E-state index contributed by atoms with van der Waals surface area (Å²) in [6.45, 7) is 4.39. The molecule has 90 valence electrons. The molecule has 4 nitrogen and oxygen atoms in total. The van der Waals surface area contributed by atoms with E-state index in [2.05, 4.69) is 10.3 Å². The number of carbonyl (C=O) groups is 1. The molecule has 1 aromatic rings. The van der Waals surface area contributed by atoms with Gasteiger partial charge in [-0.1, -0.05) is 13.3 Å². The first-order valence-electron chi connectivity index (χ1n) is 5.50. The summed E-state index contributed by atoms with van der Waals surface area (Å²) in [4.78, 5) is 15.9. The molecule has 1 amide bonds. The van der Waals surface area contributed by atoms with Gasteiger partial charge in [0.25, 0.3) is 0 Å². The molecule has 1 aromatic heterocycles. The first-order valence-corrected chi connectivity index (χ1v) is 6.45. The number of rotatable bonds is 6. The number of hydrogen-bond donors (Lipinski definition) is 2. The van der Waals surface area contributed by atoms with Crippen LogP contribution in [-0.4, -0.2) is 23.0 Å². The van der Waals surface area contributed by atoms with E-state index in [9.17, 15) is 4.79 Å². The van der Waals surface area contributed by atoms with E-state index in [1.54, 1.807) is 23.8 Å². The minimum Gasteiger partial charge on any atom is -0.354 e. The van der Waals surface area contributed by atoms with Crippen molar-refractivity contribution in [3.05, 3.63) is 16.6 Å². The van der Waals surface area contributed by atoms with Crippen molar-refractivity contribution in [3.8, 4) is 0 Å². The fourth-order valence-corrected chi connectivity index (χ4v) is 2.09. The molecule has 0 aromatic carbocycles. The molecule has 16 heavy (non-hydrogen) atoms. The van der Waals surface area contributed by atoms with Gasteiger partial charge in [0.15, 0.2) is 0 Å². The second kappa shape index (κ2) is 5.96. The Hall–Kier alpha value is -0.940. The average Bonchev–Trinajstić information content (AvgIpc) is 2.70. The third kappa shape index (κ3) is 3.90. The highest BCUT2D eigenvalue weighted by molar-refractivity contribution is 7.07. The Balaban J connectivity index is 2.30. The number of amides is 1. The summed E-state index contributed by atoms with van der Waals surface area (Å²) in [6.07, 6.45) is 2.37. The molecule has 0 bridgehead atoms. The molecule has 1 heterocycles. The van der Waals surface area contributed by atoms with Gasteiger partial charge in [-0.05, 0) is 13.3 Å². The van der Waals surface area contributed by atoms with Gasteiger partial charge in [0.1, 0.15) is 0 Å². The van der Waals surface area contributed by atoms with Crippen LogP contribution < -0.4 is 11.1 Å². The van der Waals surface area contributed by atoms with Crippen LogP contribution in [0.2, 0.25) is 0 Å². The Morgan fingerprint density at radius 2 is 2.44 bits per heavy atom. The van der Waals surface area contributed by atoms with Crippen molar-refractivity contribution < 1.29 is 4.79 Å². The summed E-state index contributed by atoms with van der Waals surface area (Å²) in [6, 6.07) is 0. The first-order chi connectivity index (χ1) is 7.56. The fourth-order valence-electron chi connectivity index (χ4n) is 1.50. The van der Waals surface area contributed by atoms with Gasteiger partial charge in [-0.15, -0.1) is 11.3 Å². The normalized spacial score (nSPS) is 14.4. The zero-order chi connectivity index (χ0) is 12.0. The summed E-state index contributed by atoms with van der Waals surface area (Å²) in [7, 11) is 0. The number of nitrogens with one attached hydrogen (secondary N) is 1. The number of hydrogen-bond acceptors (Lipinski definition) is 4. The first kappa shape index (κ1) is 13.1. The molecule has 1 unspecified atom stereocenters. The highest BCUT2D eigenvalue weighted by atomic mass is 32.1. The van der Waals surface area contributed by atoms with Crippen molar-refractivity contribution in [2.45, 2.75) is 38.6 Å². The van der Waals surface area contributed by atoms with Crippen LogP contribution in [0, 0.1) is 0 Å². The van der Waals surface area contributed by atoms with E-state index >= 15 is 0 Å². The van der Waals surface area contributed by atoms with Gasteiger partial charge >= 0.3 is 0 Å². The van der Waals surface area contributed by atoms with Gasteiger partial charge < -0.3 is 11.1 Å². The Labute approximate surface area is 100 Å². The number of thiazole rings is 1. The van der Waals surface area contributed by atoms with Crippen LogP contribution in [0.25, 0.3) is 0 Å². The molecule has 3 N–H and O–H groups in total. The topological polar surface area (TPSA) is 68.0 Å². The molecular weight excluding hydrogens is 222 g/mol. The van der Waals surface area contributed by atoms with Gasteiger partial charge in [0.05, 0.1) is 16.7 Å². The highest BCUT2D eigenvalue weighted by Gasteiger charge is 2.26. The summed E-state index contributed by atoms with van der Waals surface area (Å²) in [5, 5.41) is 4.83. The maximum Gasteiger partial charge on any atom is 0.239 e. The predicted octanol–water partition coefficient (Wildman–Crippen LogP) is 1.32. The fraction of sp³-hybridized carbons (Fsp3) is 0.636. The zero-order valence-electron chi connectivity index (χ0n) is 9.82. The van der Waals surface area contributed by atoms with E-state index in [1.807, 2.05) is 12.3 Å². The second-order valence-electron chi connectivity index (χ2n) is 4.15. The van der Waals surface area contributed by atoms with E-state index < -0.39 is 5.54 Å². The van der Waals surface area contributed by atoms with Crippen molar-refractivity contribution in [1.82, 2.24) is 10.3 Å². The predicted molar refractivity (Wildman–Crippen MR) is 66.3 cm³/mol. The Morgan fingerprint density at radius 1 is 1.69 bits per heavy atom. The van der Waals surface area contributed by atoms with E-state index in [4.69, 9.17) is 5.73 Å². The Kier molecular flexibility index (Phi) is 4.89. The lowest BCUT2D eigenvalue weighted by molar-refractivity contribution is -0.126. The summed E-state index contributed by atoms with van der Waals surface area (Å²) >= 11 is 1.56. The van der Waals surface area contributed by atoms with Gasteiger partial charge in [0, 0.05) is 18.3 Å². The average molecular weight is 241 g/mol. The molecule has 0 radical (unpaired) electrons. The van der Waals surface area contributed by atoms with Crippen LogP contribution in [0.15, 0.2) is 10.9 Å². The van der Waals surface area contributed by atoms with E-state index in [-0.39, 0.29) is 5.91 Å². The molecule has 0 saturated carbocycles. The largest absolute Gasteiger partial charge is 0.354 e. The van der Waals surface area contributed by atoms with Crippen LogP contribution in [-0.2, 0) is 11.2 Å². The molecule has 0 aliphatic rings. The zero-order valence-corrected chi connectivity index (χ0v) is 10.6. The number of aromatic nitrogens is 1. The number of nitrogens with two attached hydrogens (primary N) is 1. The van der Waals surface area contributed by atoms with Gasteiger partial charge in [-0.25, -0.2) is 4.98 Å². The van der Waals surface area contributed by atoms with Crippen LogP contribution in [0.4, 0.5) is 0 Å². The number of nitrogens with zero attached hydrogens (tertiary/aromatic N) is 1. The molecule has 0 spiro atoms. The van der Waals surface area contributed by atoms with Crippen LogP contribution in [0.5, 0.6) is 0 Å². The van der Waals surface area contributed by atoms with E-state index in [0.717, 1.165) is 18.5 Å². The standard InChI is InChI=1S/C11H19N3OS/c1-3-5-11(2,12)10(15)13-6-4-9-7-16-8-14-9/h7-8H,3-6,12H2,1-2H3,(H,13,15). The Bertz CT molecular complexity index is 322. The molecule has 0 saturated heterocycles. The van der Waals surface area contributed by atoms with E-state index in [0.29, 0.717) is 13.0 Å². The molecule has 5 heteroatoms. The maximum absolute atomic E-state index is 11.7. The van der Waals surface area contributed by atoms with Crippen molar-refractivity contribution in [1.29, 1.82) is 0 Å². The lowest BCUT2D eigenvalue weighted by atomic mass is 9.96. The maximum atomic E-state index is 11.7. The molecule has 0 fully saturated rings. The lowest BCUT2D eigenvalue weighted by Crippen LogP contribution is -2.51. The molecule has 0 aliphatic carbocycles. The van der Waals surface area contributed by atoms with E-state index in [1.165, 1.54) is 0 Å². The molecule has 1 rings (SSSR count). The van der Waals surface area contributed by atoms with Gasteiger partial charge in [0.2, 0.25) is 5.91 Å². The molecular formula is C11H19N3OS. The SMILES string of the molecule is CCCC(C)(N)C(=O)NCCc1cscn1. The smallest absolute Gasteiger partial charge is 0.239 e. The van der Waals surface area contributed by atoms with Crippen molar-refractivity contribution in [3.63, 3.8) is 0 Å². The van der Waals surface area contributed by atoms with Crippen molar-refractivity contribution in [2.75, 3.05) is 6.54 Å². The van der Waals surface area contributed by atoms with Crippen molar-refractivity contribution in [2.24, 2.45) is 5.73 Å². The molecule has 0 aliphatic heterocycles. The summed E-state index contributed by atoms with van der Waals surface area (Å²) < 4.78 is 0. The minimum atomic E-state index is -0.753. The quantitative estimate of drug-likeness (QED) is 0.789. The monoisotopic (exact) mass is 241 g/mol. The minimum absolute atomic E-state index is 0.0791. The third-order valence-electron chi connectivity index (χ3n) is 2.44. The molecule has 1 atom stereocenters. The van der Waals surface area contributed by atoms with Gasteiger partial charge in [-0.3, -0.25) is 4.79 Å². The van der Waals surface area contributed by atoms with Crippen molar-refractivity contribution >= 4 is 17.2 Å². The lowest BCUT2D eigenvalue weighted by Gasteiger charge is -2.22. The highest BCUT2D eigenvalue weighted by Crippen LogP contribution is 2.08. The van der Waals surface area contributed by atoms with Gasteiger partial charge in [-0.2, -0.15) is 0 Å².